The van der Waals surface area contributed by atoms with E-state index < -0.39 is 0 Å². The van der Waals surface area contributed by atoms with Crippen molar-refractivity contribution < 1.29 is 14.2 Å². The van der Waals surface area contributed by atoms with Crippen molar-refractivity contribution in [3.63, 3.8) is 0 Å². The van der Waals surface area contributed by atoms with Crippen molar-refractivity contribution in [1.82, 2.24) is 0 Å². The first-order valence-corrected chi connectivity index (χ1v) is 16.9. The lowest BCUT2D eigenvalue weighted by Crippen LogP contribution is -2.27. The van der Waals surface area contributed by atoms with Crippen molar-refractivity contribution in [2.45, 2.75) is 88.7 Å². The van der Waals surface area contributed by atoms with Crippen molar-refractivity contribution in [2.75, 3.05) is 20.3 Å². The van der Waals surface area contributed by atoms with Crippen molar-refractivity contribution in [3.05, 3.63) is 103 Å². The summed E-state index contributed by atoms with van der Waals surface area (Å²) >= 11 is 1.83. The molecular weight excluding hydrogens is 561 g/mol. The average Bonchev–Trinajstić information content (AvgIpc) is 3.53. The van der Waals surface area contributed by atoms with Gasteiger partial charge in [0.2, 0.25) is 0 Å². The Balaban J connectivity index is 1.73. The molecule has 0 amide bonds. The summed E-state index contributed by atoms with van der Waals surface area (Å²) in [5.74, 6) is 2.34. The summed E-state index contributed by atoms with van der Waals surface area (Å²) < 4.78 is 18.4. The summed E-state index contributed by atoms with van der Waals surface area (Å²) in [7, 11) is 1.81. The van der Waals surface area contributed by atoms with Gasteiger partial charge in [-0.25, -0.2) is 0 Å². The molecule has 2 aliphatic heterocycles. The minimum atomic E-state index is -0.0300. The highest BCUT2D eigenvalue weighted by Crippen LogP contribution is 2.47. The second-order valence-electron chi connectivity index (χ2n) is 15.9. The Morgan fingerprint density at radius 2 is 1.32 bits per heavy atom. The Labute approximate surface area is 270 Å². The predicted octanol–water partition coefficient (Wildman–Crippen LogP) is 11.0. The molecule has 4 heteroatoms. The van der Waals surface area contributed by atoms with E-state index in [4.69, 9.17) is 14.2 Å². The summed E-state index contributed by atoms with van der Waals surface area (Å²) in [4.78, 5) is 2.42. The molecule has 1 aromatic heterocycles. The van der Waals surface area contributed by atoms with Crippen LogP contribution in [-0.4, -0.2) is 26.4 Å². The first-order chi connectivity index (χ1) is 20.5. The summed E-state index contributed by atoms with van der Waals surface area (Å²) in [5.41, 5.74) is 10.3. The minimum Gasteiger partial charge on any atom is -0.493 e. The zero-order valence-electron chi connectivity index (χ0n) is 29.0. The van der Waals surface area contributed by atoms with Gasteiger partial charge in [0.15, 0.2) is 0 Å². The van der Waals surface area contributed by atoms with Crippen LogP contribution in [0.25, 0.3) is 11.1 Å². The Morgan fingerprint density at radius 1 is 0.773 bits per heavy atom. The highest BCUT2D eigenvalue weighted by Gasteiger charge is 2.33. The molecule has 236 valence electrons. The van der Waals surface area contributed by atoms with Crippen LogP contribution in [0.3, 0.4) is 0 Å². The molecule has 0 saturated heterocycles. The fraction of sp³-hybridized carbons (Fsp3) is 0.500. The topological polar surface area (TPSA) is 27.7 Å². The van der Waals surface area contributed by atoms with E-state index in [1.165, 1.54) is 48.8 Å². The van der Waals surface area contributed by atoms with E-state index >= 15 is 0 Å². The van der Waals surface area contributed by atoms with Gasteiger partial charge >= 0.3 is 0 Å². The zero-order chi connectivity index (χ0) is 32.2. The van der Waals surface area contributed by atoms with Gasteiger partial charge in [0.1, 0.15) is 24.2 Å². The lowest BCUT2D eigenvalue weighted by atomic mass is 9.72. The van der Waals surface area contributed by atoms with E-state index in [0.29, 0.717) is 12.5 Å². The zero-order valence-corrected chi connectivity index (χ0v) is 29.8. The molecule has 44 heavy (non-hydrogen) atoms. The van der Waals surface area contributed by atoms with E-state index in [2.05, 4.69) is 125 Å². The lowest BCUT2D eigenvalue weighted by Gasteiger charge is -2.34. The normalized spacial score (nSPS) is 23.8. The molecule has 4 aliphatic rings. The second-order valence-corrected chi connectivity index (χ2v) is 17.0. The number of rotatable bonds is 5. The van der Waals surface area contributed by atoms with Crippen LogP contribution in [0.5, 0.6) is 0 Å². The first kappa shape index (κ1) is 32.6. The van der Waals surface area contributed by atoms with Gasteiger partial charge in [0.25, 0.3) is 0 Å². The maximum Gasteiger partial charge on any atom is 0.128 e. The van der Waals surface area contributed by atoms with Gasteiger partial charge in [-0.1, -0.05) is 105 Å². The van der Waals surface area contributed by atoms with Crippen LogP contribution in [0, 0.1) is 22.2 Å². The number of thiophene rings is 1. The Morgan fingerprint density at radius 3 is 1.75 bits per heavy atom. The third kappa shape index (κ3) is 6.58. The van der Waals surface area contributed by atoms with E-state index in [0.717, 1.165) is 30.1 Å². The SMILES string of the molecule is COC1C(C)=C/C(=C(/C2=CCO2)c2ccc(C(C3=CC(C)CO3)=C3C=C(C(C)(C)C)CC(C(C)(C)C)=C3)s2)C=C1C(C)(C)C. The fourth-order valence-corrected chi connectivity index (χ4v) is 7.39. The number of hydrogen-bond acceptors (Lipinski definition) is 4. The summed E-state index contributed by atoms with van der Waals surface area (Å²) in [6, 6.07) is 4.55. The molecule has 0 saturated carbocycles. The van der Waals surface area contributed by atoms with Crippen LogP contribution in [0.1, 0.15) is 92.3 Å². The third-order valence-corrected chi connectivity index (χ3v) is 10.2. The molecule has 0 spiro atoms. The molecular formula is C40H52O3S. The molecule has 3 heterocycles. The molecule has 1 aromatic rings. The monoisotopic (exact) mass is 612 g/mol. The second kappa shape index (κ2) is 11.8. The molecule has 0 bridgehead atoms. The molecule has 2 atom stereocenters. The Bertz CT molecular complexity index is 1540. The summed E-state index contributed by atoms with van der Waals surface area (Å²) in [5, 5.41) is 0. The third-order valence-electron chi connectivity index (χ3n) is 9.07. The highest BCUT2D eigenvalue weighted by atomic mass is 32.1. The predicted molar refractivity (Wildman–Crippen MR) is 187 cm³/mol. The van der Waals surface area contributed by atoms with Crippen LogP contribution >= 0.6 is 11.3 Å². The largest absolute Gasteiger partial charge is 0.493 e. The van der Waals surface area contributed by atoms with Crippen LogP contribution in [0.2, 0.25) is 0 Å². The average molecular weight is 613 g/mol. The first-order valence-electron chi connectivity index (χ1n) is 16.1. The molecule has 3 nitrogen and oxygen atoms in total. The van der Waals surface area contributed by atoms with Gasteiger partial charge < -0.3 is 14.2 Å². The Kier molecular flexibility index (Phi) is 8.76. The number of hydrogen-bond donors (Lipinski definition) is 0. The van der Waals surface area contributed by atoms with Crippen molar-refractivity contribution in [3.8, 4) is 0 Å². The number of ether oxygens (including phenoxy) is 3. The van der Waals surface area contributed by atoms with Crippen LogP contribution in [-0.2, 0) is 14.2 Å². The molecule has 2 unspecified atom stereocenters. The molecule has 0 aromatic carbocycles. The molecule has 0 radical (unpaired) electrons. The smallest absolute Gasteiger partial charge is 0.128 e. The molecule has 5 rings (SSSR count). The van der Waals surface area contributed by atoms with Crippen molar-refractivity contribution >= 4 is 22.5 Å². The highest BCUT2D eigenvalue weighted by molar-refractivity contribution is 7.14. The molecule has 0 fully saturated rings. The number of methoxy groups -OCH3 is 1. The van der Waals surface area contributed by atoms with E-state index in [-0.39, 0.29) is 22.3 Å². The number of allylic oxidation sites excluding steroid dienone is 10. The van der Waals surface area contributed by atoms with Gasteiger partial charge in [-0.2, -0.15) is 0 Å². The maximum atomic E-state index is 6.40. The van der Waals surface area contributed by atoms with E-state index in [9.17, 15) is 0 Å². The maximum absolute atomic E-state index is 6.40. The molecule has 2 aliphatic carbocycles. The van der Waals surface area contributed by atoms with Crippen LogP contribution in [0.4, 0.5) is 0 Å². The standard InChI is InChI=1S/C40H52O3S/c1-24-17-32(43-23-24)36(27-19-28(38(3,4)5)22-29(20-27)39(6,7)8)34-14-13-33(44-34)35(31-15-16-42-31)26-18-25(2)37(41-12)30(21-26)40(9,10)11/h13-15,17-21,24,37H,16,22-23H2,1-12H3/b35-26+. The summed E-state index contributed by atoms with van der Waals surface area (Å²) in [6.07, 6.45) is 15.0. The van der Waals surface area contributed by atoms with Crippen LogP contribution < -0.4 is 0 Å². The van der Waals surface area contributed by atoms with E-state index in [1.807, 2.05) is 11.3 Å². The van der Waals surface area contributed by atoms with Gasteiger partial charge in [-0.3, -0.25) is 0 Å². The summed E-state index contributed by atoms with van der Waals surface area (Å²) in [6.45, 7) is 26.6. The van der Waals surface area contributed by atoms with Gasteiger partial charge in [0.05, 0.1) is 6.61 Å². The fourth-order valence-electron chi connectivity index (χ4n) is 6.24. The quantitative estimate of drug-likeness (QED) is 0.331. The van der Waals surface area contributed by atoms with Crippen molar-refractivity contribution in [2.24, 2.45) is 22.2 Å². The lowest BCUT2D eigenvalue weighted by molar-refractivity contribution is 0.141. The Hall–Kier alpha value is -2.82. The van der Waals surface area contributed by atoms with Gasteiger partial charge in [-0.15, -0.1) is 11.3 Å². The van der Waals surface area contributed by atoms with Crippen molar-refractivity contribution in [1.29, 1.82) is 0 Å². The molecule has 0 N–H and O–H groups in total. The van der Waals surface area contributed by atoms with Gasteiger partial charge in [-0.05, 0) is 76.2 Å². The van der Waals surface area contributed by atoms with Gasteiger partial charge in [0, 0.05) is 33.9 Å². The van der Waals surface area contributed by atoms with Crippen LogP contribution in [0.15, 0.2) is 93.5 Å². The van der Waals surface area contributed by atoms with E-state index in [1.54, 1.807) is 7.11 Å². The minimum absolute atomic E-state index is 0.0149.